The molecule has 1 aliphatic heterocycles. The Labute approximate surface area is 169 Å². The van der Waals surface area contributed by atoms with Gasteiger partial charge in [-0.1, -0.05) is 0 Å². The fraction of sp³-hybridized carbons (Fsp3) is 0.333. The summed E-state index contributed by atoms with van der Waals surface area (Å²) in [7, 11) is 1.63. The molecule has 0 aliphatic carbocycles. The zero-order valence-electron chi connectivity index (χ0n) is 16.3. The Hall–Kier alpha value is -3.44. The van der Waals surface area contributed by atoms with Crippen molar-refractivity contribution < 1.29 is 9.53 Å². The minimum absolute atomic E-state index is 0.0747. The lowest BCUT2D eigenvalue weighted by Crippen LogP contribution is -2.48. The predicted molar refractivity (Wildman–Crippen MR) is 108 cm³/mol. The molecule has 2 aromatic heterocycles. The van der Waals surface area contributed by atoms with Crippen molar-refractivity contribution in [3.63, 3.8) is 0 Å². The minimum atomic E-state index is -0.0747. The average Bonchev–Trinajstić information content (AvgIpc) is 3.22. The van der Waals surface area contributed by atoms with Crippen molar-refractivity contribution in [3.8, 4) is 23.1 Å². The summed E-state index contributed by atoms with van der Waals surface area (Å²) in [5.74, 6) is 0.697. The van der Waals surface area contributed by atoms with Crippen molar-refractivity contribution in [1.82, 2.24) is 24.2 Å². The van der Waals surface area contributed by atoms with E-state index in [1.54, 1.807) is 25.7 Å². The van der Waals surface area contributed by atoms with Gasteiger partial charge in [-0.05, 0) is 24.3 Å². The number of fused-ring (bicyclic) bond motifs is 1. The van der Waals surface area contributed by atoms with E-state index < -0.39 is 0 Å². The summed E-state index contributed by atoms with van der Waals surface area (Å²) in [6.45, 7) is 3.59. The van der Waals surface area contributed by atoms with Crippen LogP contribution < -0.4 is 4.74 Å². The maximum Gasteiger partial charge on any atom is 0.274 e. The second-order valence-electron chi connectivity index (χ2n) is 6.90. The van der Waals surface area contributed by atoms with Gasteiger partial charge in [0.05, 0.1) is 13.2 Å². The van der Waals surface area contributed by atoms with Gasteiger partial charge >= 0.3 is 0 Å². The van der Waals surface area contributed by atoms with Crippen molar-refractivity contribution in [3.05, 3.63) is 48.5 Å². The van der Waals surface area contributed by atoms with E-state index in [0.29, 0.717) is 30.9 Å². The van der Waals surface area contributed by atoms with Crippen LogP contribution in [0.4, 0.5) is 0 Å². The SMILES string of the molecule is COc1ccc(-c2nccn3cc(C(=O)N4CCN(CCC#N)CC4)nc23)cc1. The second kappa shape index (κ2) is 8.29. The fourth-order valence-corrected chi connectivity index (χ4v) is 3.52. The summed E-state index contributed by atoms with van der Waals surface area (Å²) in [6.07, 6.45) is 5.78. The van der Waals surface area contributed by atoms with E-state index in [1.165, 1.54) is 0 Å². The third kappa shape index (κ3) is 3.91. The van der Waals surface area contributed by atoms with E-state index in [1.807, 2.05) is 33.6 Å². The maximum absolute atomic E-state index is 13.0. The van der Waals surface area contributed by atoms with Crippen LogP contribution in [0.3, 0.4) is 0 Å². The Morgan fingerprint density at radius 2 is 1.97 bits per heavy atom. The van der Waals surface area contributed by atoms with Gasteiger partial charge in [0, 0.05) is 63.3 Å². The van der Waals surface area contributed by atoms with Crippen LogP contribution in [0.1, 0.15) is 16.9 Å². The molecule has 1 amide bonds. The Morgan fingerprint density at radius 3 is 2.66 bits per heavy atom. The number of amides is 1. The molecule has 148 valence electrons. The number of hydrogen-bond donors (Lipinski definition) is 0. The molecule has 1 aromatic carbocycles. The third-order valence-electron chi connectivity index (χ3n) is 5.16. The number of benzene rings is 1. The summed E-state index contributed by atoms with van der Waals surface area (Å²) in [5, 5.41) is 8.72. The molecule has 8 nitrogen and oxygen atoms in total. The van der Waals surface area contributed by atoms with Crippen molar-refractivity contribution in [2.24, 2.45) is 0 Å². The van der Waals surface area contributed by atoms with Gasteiger partial charge in [0.1, 0.15) is 17.1 Å². The number of rotatable bonds is 5. The summed E-state index contributed by atoms with van der Waals surface area (Å²) in [6, 6.07) is 9.78. The first-order valence-corrected chi connectivity index (χ1v) is 9.56. The third-order valence-corrected chi connectivity index (χ3v) is 5.16. The maximum atomic E-state index is 13.0. The molecular weight excluding hydrogens is 368 g/mol. The number of nitrogens with zero attached hydrogens (tertiary/aromatic N) is 6. The normalized spacial score (nSPS) is 14.7. The highest BCUT2D eigenvalue weighted by molar-refractivity contribution is 5.93. The number of aromatic nitrogens is 3. The summed E-state index contributed by atoms with van der Waals surface area (Å²) >= 11 is 0. The molecular formula is C21H22N6O2. The van der Waals surface area contributed by atoms with Crippen LogP contribution in [0.25, 0.3) is 16.9 Å². The highest BCUT2D eigenvalue weighted by Gasteiger charge is 2.24. The molecule has 0 saturated carbocycles. The number of piperazine rings is 1. The molecule has 0 unspecified atom stereocenters. The number of methoxy groups -OCH3 is 1. The van der Waals surface area contributed by atoms with E-state index in [2.05, 4.69) is 20.9 Å². The molecule has 3 heterocycles. The molecule has 0 atom stereocenters. The second-order valence-corrected chi connectivity index (χ2v) is 6.90. The smallest absolute Gasteiger partial charge is 0.274 e. The molecule has 4 rings (SSSR count). The fourth-order valence-electron chi connectivity index (χ4n) is 3.52. The lowest BCUT2D eigenvalue weighted by atomic mass is 10.1. The molecule has 1 saturated heterocycles. The minimum Gasteiger partial charge on any atom is -0.497 e. The van der Waals surface area contributed by atoms with Crippen molar-refractivity contribution in [2.45, 2.75) is 6.42 Å². The van der Waals surface area contributed by atoms with E-state index in [-0.39, 0.29) is 5.91 Å². The van der Waals surface area contributed by atoms with Crippen molar-refractivity contribution >= 4 is 11.6 Å². The Morgan fingerprint density at radius 1 is 1.21 bits per heavy atom. The number of imidazole rings is 1. The Kier molecular flexibility index (Phi) is 5.40. The van der Waals surface area contributed by atoms with Crippen LogP contribution in [-0.4, -0.2) is 69.9 Å². The lowest BCUT2D eigenvalue weighted by Gasteiger charge is -2.33. The topological polar surface area (TPSA) is 86.8 Å². The molecule has 0 N–H and O–H groups in total. The molecule has 29 heavy (non-hydrogen) atoms. The molecule has 0 bridgehead atoms. The van der Waals surface area contributed by atoms with E-state index in [4.69, 9.17) is 10.00 Å². The van der Waals surface area contributed by atoms with Crippen molar-refractivity contribution in [1.29, 1.82) is 5.26 Å². The van der Waals surface area contributed by atoms with Crippen LogP contribution >= 0.6 is 0 Å². The van der Waals surface area contributed by atoms with Crippen molar-refractivity contribution in [2.75, 3.05) is 39.8 Å². The summed E-state index contributed by atoms with van der Waals surface area (Å²) < 4.78 is 7.05. The molecule has 0 spiro atoms. The van der Waals surface area contributed by atoms with Crippen LogP contribution in [-0.2, 0) is 0 Å². The Bertz CT molecular complexity index is 1050. The van der Waals surface area contributed by atoms with Gasteiger partial charge in [-0.15, -0.1) is 0 Å². The van der Waals surface area contributed by atoms with Gasteiger partial charge in [0.2, 0.25) is 0 Å². The van der Waals surface area contributed by atoms with Crippen LogP contribution in [0, 0.1) is 11.3 Å². The summed E-state index contributed by atoms with van der Waals surface area (Å²) in [4.78, 5) is 26.1. The van der Waals surface area contributed by atoms with E-state index >= 15 is 0 Å². The van der Waals surface area contributed by atoms with E-state index in [0.717, 1.165) is 36.6 Å². The zero-order chi connectivity index (χ0) is 20.2. The zero-order valence-corrected chi connectivity index (χ0v) is 16.3. The van der Waals surface area contributed by atoms with Gasteiger partial charge in [-0.25, -0.2) is 4.98 Å². The standard InChI is InChI=1S/C21H22N6O2/c1-29-17-5-3-16(4-6-17)19-20-24-18(15-27(20)10-8-23-19)21(28)26-13-11-25(12-14-26)9-2-7-22/h3-6,8,10,15H,2,9,11-14H2,1H3. The largest absolute Gasteiger partial charge is 0.497 e. The lowest BCUT2D eigenvalue weighted by molar-refractivity contribution is 0.0634. The van der Waals surface area contributed by atoms with Crippen LogP contribution in [0.15, 0.2) is 42.9 Å². The average molecular weight is 390 g/mol. The van der Waals surface area contributed by atoms with E-state index in [9.17, 15) is 4.79 Å². The van der Waals surface area contributed by atoms with Gasteiger partial charge in [0.15, 0.2) is 5.65 Å². The molecule has 0 radical (unpaired) electrons. The molecule has 1 fully saturated rings. The summed E-state index contributed by atoms with van der Waals surface area (Å²) in [5.41, 5.74) is 2.69. The highest BCUT2D eigenvalue weighted by Crippen LogP contribution is 2.24. The number of carbonyl (C=O) groups excluding carboxylic acids is 1. The van der Waals surface area contributed by atoms with Crippen LogP contribution in [0.5, 0.6) is 5.75 Å². The monoisotopic (exact) mass is 390 g/mol. The van der Waals surface area contributed by atoms with Gasteiger partial charge in [-0.2, -0.15) is 5.26 Å². The quantitative estimate of drug-likeness (QED) is 0.663. The number of hydrogen-bond acceptors (Lipinski definition) is 6. The number of ether oxygens (including phenoxy) is 1. The molecule has 8 heteroatoms. The van der Waals surface area contributed by atoms with Crippen LogP contribution in [0.2, 0.25) is 0 Å². The first-order valence-electron chi connectivity index (χ1n) is 9.56. The number of carbonyl (C=O) groups is 1. The first-order chi connectivity index (χ1) is 14.2. The first kappa shape index (κ1) is 18.9. The highest BCUT2D eigenvalue weighted by atomic mass is 16.5. The number of nitriles is 1. The Balaban J connectivity index is 1.55. The van der Waals surface area contributed by atoms with Gasteiger partial charge in [0.25, 0.3) is 5.91 Å². The van der Waals surface area contributed by atoms with Gasteiger partial charge in [-0.3, -0.25) is 14.7 Å². The predicted octanol–water partition coefficient (Wildman–Crippen LogP) is 2.08. The molecule has 3 aromatic rings. The molecule has 1 aliphatic rings. The van der Waals surface area contributed by atoms with Gasteiger partial charge < -0.3 is 14.0 Å².